The van der Waals surface area contributed by atoms with Crippen LogP contribution in [0, 0.1) is 0 Å². The Kier molecular flexibility index (Phi) is 77.8. The molecule has 5 nitrogen and oxygen atoms in total. The molecule has 9 heavy (non-hydrogen) atoms. The van der Waals surface area contributed by atoms with Gasteiger partial charge in [0, 0.05) is 0 Å². The fourth-order valence-corrected chi connectivity index (χ4v) is 0. The average Bonchev–Trinajstić information content (AvgIpc) is 1.33. The predicted octanol–water partition coefficient (Wildman–Crippen LogP) is 0.540. The number of hydrogen-bond acceptors (Lipinski definition) is 3. The van der Waals surface area contributed by atoms with Gasteiger partial charge in [-0.25, -0.2) is 4.79 Å². The summed E-state index contributed by atoms with van der Waals surface area (Å²) in [5, 5.41) is 0. The number of carbonyl (C=O) groups is 1. The molecule has 0 fully saturated rings. The topological polar surface area (TPSA) is 139 Å². The number of allylic oxidation sites excluding steroid dienone is 1. The van der Waals surface area contributed by atoms with Crippen LogP contribution in [0.25, 0.3) is 0 Å². The van der Waals surface area contributed by atoms with Crippen molar-refractivity contribution < 1.29 is 4.79 Å². The molecule has 0 aromatic heterocycles. The number of carbonyl (C=O) groups excluding carboxylic acids is 1. The molecule has 0 saturated carbocycles. The molecule has 0 atom stereocenters. The normalized spacial score (nSPS) is 4.11. The lowest BCUT2D eigenvalue weighted by Gasteiger charge is -1.62. The van der Waals surface area contributed by atoms with Crippen LogP contribution in [0.15, 0.2) is 12.7 Å². The summed E-state index contributed by atoms with van der Waals surface area (Å²) in [5.41, 5.74) is 8.50. The minimum Gasteiger partial charge on any atom is -0.352 e. The lowest BCUT2D eigenvalue weighted by molar-refractivity contribution is 0.256. The summed E-state index contributed by atoms with van der Waals surface area (Å²) in [4.78, 5) is 9.00. The zero-order valence-electron chi connectivity index (χ0n) is 5.76. The van der Waals surface area contributed by atoms with Gasteiger partial charge >= 0.3 is 6.03 Å². The maximum absolute atomic E-state index is 9.00. The van der Waals surface area contributed by atoms with E-state index in [1.54, 1.807) is 6.08 Å². The van der Waals surface area contributed by atoms with Crippen molar-refractivity contribution in [2.45, 2.75) is 6.92 Å². The molecule has 10 N–H and O–H groups in total. The zero-order valence-corrected chi connectivity index (χ0v) is 5.76. The Bertz CT molecular complexity index is 59.6. The van der Waals surface area contributed by atoms with E-state index in [2.05, 4.69) is 18.0 Å². The van der Waals surface area contributed by atoms with Crippen molar-refractivity contribution in [3.63, 3.8) is 0 Å². The molecule has 0 aliphatic carbocycles. The molecule has 0 spiro atoms. The molecule has 2 amide bonds. The maximum atomic E-state index is 9.00. The molecule has 58 valence electrons. The summed E-state index contributed by atoms with van der Waals surface area (Å²) in [6, 6.07) is -0.833. The van der Waals surface area contributed by atoms with Gasteiger partial charge in [-0.05, 0) is 6.92 Å². The van der Waals surface area contributed by atoms with Crippen molar-refractivity contribution in [3.8, 4) is 0 Å². The quantitative estimate of drug-likeness (QED) is 0.361. The minimum absolute atomic E-state index is 0. The van der Waals surface area contributed by atoms with Gasteiger partial charge in [0.25, 0.3) is 0 Å². The number of nitrogens with two attached hydrogens (primary N) is 2. The molecule has 0 rings (SSSR count). The van der Waals surface area contributed by atoms with Gasteiger partial charge in [-0.1, -0.05) is 6.08 Å². The minimum atomic E-state index is -0.833. The van der Waals surface area contributed by atoms with E-state index in [4.69, 9.17) is 4.79 Å². The van der Waals surface area contributed by atoms with Gasteiger partial charge in [-0.2, -0.15) is 0 Å². The van der Waals surface area contributed by atoms with Crippen LogP contribution in [0.4, 0.5) is 4.79 Å². The Morgan fingerprint density at radius 1 is 1.44 bits per heavy atom. The van der Waals surface area contributed by atoms with Crippen LogP contribution in [0.1, 0.15) is 6.92 Å². The van der Waals surface area contributed by atoms with Crippen LogP contribution in [0.5, 0.6) is 0 Å². The first-order valence-electron chi connectivity index (χ1n) is 1.77. The SMILES string of the molecule is C=CC.N.N.NC(N)=O. The Hall–Kier alpha value is -1.07. The summed E-state index contributed by atoms with van der Waals surface area (Å²) in [5.74, 6) is 0. The second-order valence-corrected chi connectivity index (χ2v) is 0.811. The van der Waals surface area contributed by atoms with Crippen LogP contribution in [0.3, 0.4) is 0 Å². The molecule has 0 aromatic rings. The molecule has 0 radical (unpaired) electrons. The Labute approximate surface area is 55.3 Å². The van der Waals surface area contributed by atoms with Gasteiger partial charge in [0.1, 0.15) is 0 Å². The van der Waals surface area contributed by atoms with Crippen LogP contribution in [0.2, 0.25) is 0 Å². The Balaban J connectivity index is -0.0000000233. The van der Waals surface area contributed by atoms with E-state index < -0.39 is 6.03 Å². The number of rotatable bonds is 0. The molecule has 0 saturated heterocycles. The first-order valence-corrected chi connectivity index (χ1v) is 1.77. The highest BCUT2D eigenvalue weighted by Gasteiger charge is 1.60. The summed E-state index contributed by atoms with van der Waals surface area (Å²) in [6.45, 7) is 5.25. The second kappa shape index (κ2) is 28.4. The van der Waals surface area contributed by atoms with Crippen LogP contribution in [-0.4, -0.2) is 6.03 Å². The Morgan fingerprint density at radius 2 is 1.44 bits per heavy atom. The van der Waals surface area contributed by atoms with Crippen molar-refractivity contribution in [2.24, 2.45) is 11.5 Å². The number of amides is 2. The van der Waals surface area contributed by atoms with Gasteiger partial charge in [-0.15, -0.1) is 6.58 Å². The molecule has 0 aromatic carbocycles. The first-order chi connectivity index (χ1) is 3.15. The highest BCUT2D eigenvalue weighted by Crippen LogP contribution is 1.38. The lowest BCUT2D eigenvalue weighted by Crippen LogP contribution is -2.18. The van der Waals surface area contributed by atoms with Crippen molar-refractivity contribution in [2.75, 3.05) is 0 Å². The third-order valence-electron chi connectivity index (χ3n) is 0. The van der Waals surface area contributed by atoms with Crippen LogP contribution < -0.4 is 23.8 Å². The van der Waals surface area contributed by atoms with Gasteiger partial charge in [-0.3, -0.25) is 0 Å². The first kappa shape index (κ1) is 24.7. The number of primary amides is 2. The Morgan fingerprint density at radius 3 is 1.44 bits per heavy atom. The van der Waals surface area contributed by atoms with E-state index in [9.17, 15) is 0 Å². The summed E-state index contributed by atoms with van der Waals surface area (Å²) in [6.07, 6.45) is 1.75. The average molecular weight is 136 g/mol. The van der Waals surface area contributed by atoms with Gasteiger partial charge < -0.3 is 23.8 Å². The predicted molar refractivity (Wildman–Crippen MR) is 39.7 cm³/mol. The molecule has 0 aliphatic heterocycles. The summed E-state index contributed by atoms with van der Waals surface area (Å²) < 4.78 is 0. The van der Waals surface area contributed by atoms with E-state index >= 15 is 0 Å². The third kappa shape index (κ3) is 147. The fraction of sp³-hybridized carbons (Fsp3) is 0.250. The molecule has 0 bridgehead atoms. The zero-order chi connectivity index (χ0) is 6.28. The van der Waals surface area contributed by atoms with Crippen molar-refractivity contribution >= 4 is 6.03 Å². The van der Waals surface area contributed by atoms with Crippen LogP contribution >= 0.6 is 0 Å². The smallest absolute Gasteiger partial charge is 0.309 e. The number of urea groups is 1. The molecular formula is C4H16N4O. The van der Waals surface area contributed by atoms with Crippen molar-refractivity contribution in [3.05, 3.63) is 12.7 Å². The van der Waals surface area contributed by atoms with E-state index in [0.717, 1.165) is 0 Å². The lowest BCUT2D eigenvalue weighted by atomic mass is 10.8. The summed E-state index contributed by atoms with van der Waals surface area (Å²) >= 11 is 0. The van der Waals surface area contributed by atoms with E-state index in [1.807, 2.05) is 6.92 Å². The molecule has 5 heteroatoms. The van der Waals surface area contributed by atoms with Crippen LogP contribution in [-0.2, 0) is 0 Å². The van der Waals surface area contributed by atoms with Crippen molar-refractivity contribution in [1.29, 1.82) is 0 Å². The monoisotopic (exact) mass is 136 g/mol. The third-order valence-corrected chi connectivity index (χ3v) is 0. The molecule has 0 unspecified atom stereocenters. The van der Waals surface area contributed by atoms with Gasteiger partial charge in [0.05, 0.1) is 0 Å². The van der Waals surface area contributed by atoms with E-state index in [0.29, 0.717) is 0 Å². The second-order valence-electron chi connectivity index (χ2n) is 0.811. The molecule has 0 aliphatic rings. The molecular weight excluding hydrogens is 120 g/mol. The van der Waals surface area contributed by atoms with Crippen molar-refractivity contribution in [1.82, 2.24) is 12.3 Å². The largest absolute Gasteiger partial charge is 0.352 e. The molecule has 0 heterocycles. The highest BCUT2D eigenvalue weighted by atomic mass is 16.2. The highest BCUT2D eigenvalue weighted by molar-refractivity contribution is 5.69. The fourth-order valence-electron chi connectivity index (χ4n) is 0. The van der Waals surface area contributed by atoms with Gasteiger partial charge in [0.15, 0.2) is 0 Å². The van der Waals surface area contributed by atoms with Gasteiger partial charge in [0.2, 0.25) is 0 Å². The maximum Gasteiger partial charge on any atom is 0.309 e. The van der Waals surface area contributed by atoms with E-state index in [-0.39, 0.29) is 12.3 Å². The summed E-state index contributed by atoms with van der Waals surface area (Å²) in [7, 11) is 0. The number of hydrogen-bond donors (Lipinski definition) is 4. The van der Waals surface area contributed by atoms with E-state index in [1.165, 1.54) is 0 Å². The standard InChI is InChI=1S/C3H6.CH4N2O.2H3N/c1-3-2;2-1(3)4;;/h3H,1H2,2H3;(H4,2,3,4);2*1H3.